The minimum absolute atomic E-state index is 0.113. The summed E-state index contributed by atoms with van der Waals surface area (Å²) >= 11 is 5.87. The van der Waals surface area contributed by atoms with E-state index in [-0.39, 0.29) is 18.3 Å². The molecule has 1 N–H and O–H groups in total. The predicted octanol–water partition coefficient (Wildman–Crippen LogP) is 4.26. The third kappa shape index (κ3) is 4.36. The average Bonchev–Trinajstić information content (AvgIpc) is 3.51. The van der Waals surface area contributed by atoms with Crippen molar-refractivity contribution in [3.8, 4) is 11.5 Å². The molecule has 0 bridgehead atoms. The Bertz CT molecular complexity index is 1160. The summed E-state index contributed by atoms with van der Waals surface area (Å²) in [6.45, 7) is 3.83. The summed E-state index contributed by atoms with van der Waals surface area (Å²) in [5.74, 6) is 0.622. The highest BCUT2D eigenvalue weighted by Gasteiger charge is 2.60. The number of carbonyl (C=O) groups is 1. The monoisotopic (exact) mass is 456 g/mol. The van der Waals surface area contributed by atoms with Crippen molar-refractivity contribution in [2.24, 2.45) is 5.92 Å². The van der Waals surface area contributed by atoms with Crippen LogP contribution in [0.1, 0.15) is 23.5 Å². The summed E-state index contributed by atoms with van der Waals surface area (Å²) < 4.78 is 25.2. The lowest BCUT2D eigenvalue weighted by Gasteiger charge is -2.20. The van der Waals surface area contributed by atoms with Crippen molar-refractivity contribution in [3.63, 3.8) is 0 Å². The second-order valence-electron chi connectivity index (χ2n) is 7.77. The molecule has 1 saturated carbocycles. The SMILES string of the molecule is COc1cc([C@]2(COc3cnc(C)nc3C)C[C@H]2C(=O)Nc2ccc(Cl)cn2)ccc1F. The summed E-state index contributed by atoms with van der Waals surface area (Å²) in [5, 5.41) is 3.30. The number of anilines is 1. The van der Waals surface area contributed by atoms with Gasteiger partial charge in [-0.25, -0.2) is 19.3 Å². The van der Waals surface area contributed by atoms with Gasteiger partial charge in [0, 0.05) is 11.6 Å². The Labute approximate surface area is 190 Å². The van der Waals surface area contributed by atoms with Crippen LogP contribution in [0.25, 0.3) is 0 Å². The highest BCUT2D eigenvalue weighted by Crippen LogP contribution is 2.55. The number of rotatable bonds is 7. The molecule has 2 heterocycles. The summed E-state index contributed by atoms with van der Waals surface area (Å²) in [7, 11) is 1.40. The standard InChI is InChI=1S/C23H22ClFN4O3/c1-13-20(11-26-14(2)28-13)32-12-23(15-4-6-18(25)19(8-15)31-3)9-17(23)22(30)29-21-7-5-16(24)10-27-21/h4-8,10-11,17H,9,12H2,1-3H3,(H,27,29,30)/t17-,23+/m0/s1. The number of hydrogen-bond donors (Lipinski definition) is 1. The fourth-order valence-electron chi connectivity index (χ4n) is 3.76. The summed E-state index contributed by atoms with van der Waals surface area (Å²) in [6, 6.07) is 7.90. The van der Waals surface area contributed by atoms with Gasteiger partial charge >= 0.3 is 0 Å². The first-order valence-corrected chi connectivity index (χ1v) is 10.4. The van der Waals surface area contributed by atoms with E-state index in [1.54, 1.807) is 37.4 Å². The van der Waals surface area contributed by atoms with Crippen LogP contribution in [0.2, 0.25) is 5.02 Å². The van der Waals surface area contributed by atoms with Crippen molar-refractivity contribution in [1.82, 2.24) is 15.0 Å². The number of aryl methyl sites for hydroxylation is 2. The first-order valence-electron chi connectivity index (χ1n) is 10.0. The molecule has 9 heteroatoms. The van der Waals surface area contributed by atoms with Crippen molar-refractivity contribution in [3.05, 3.63) is 70.6 Å². The second-order valence-corrected chi connectivity index (χ2v) is 8.21. The number of nitrogens with one attached hydrogen (secondary N) is 1. The van der Waals surface area contributed by atoms with Gasteiger partial charge in [-0.15, -0.1) is 0 Å². The number of ether oxygens (including phenoxy) is 2. The summed E-state index contributed by atoms with van der Waals surface area (Å²) in [5.41, 5.74) is 0.802. The maximum atomic E-state index is 14.0. The normalized spacial score (nSPS) is 19.3. The van der Waals surface area contributed by atoms with Crippen molar-refractivity contribution < 1.29 is 18.7 Å². The van der Waals surface area contributed by atoms with E-state index in [1.165, 1.54) is 19.4 Å². The van der Waals surface area contributed by atoms with Crippen LogP contribution < -0.4 is 14.8 Å². The number of aromatic nitrogens is 3. The van der Waals surface area contributed by atoms with E-state index in [0.717, 1.165) is 5.56 Å². The molecule has 2 atom stereocenters. The maximum absolute atomic E-state index is 14.0. The molecule has 0 unspecified atom stereocenters. The van der Waals surface area contributed by atoms with Crippen LogP contribution in [0, 0.1) is 25.6 Å². The molecule has 1 fully saturated rings. The molecule has 4 rings (SSSR count). The molecule has 0 aliphatic heterocycles. The number of halogens is 2. The Kier molecular flexibility index (Phi) is 5.97. The van der Waals surface area contributed by atoms with Crippen LogP contribution in [0.4, 0.5) is 10.2 Å². The van der Waals surface area contributed by atoms with Crippen molar-refractivity contribution >= 4 is 23.3 Å². The van der Waals surface area contributed by atoms with Gasteiger partial charge in [0.05, 0.1) is 36.5 Å². The molecule has 0 saturated heterocycles. The fraction of sp³-hybridized carbons (Fsp3) is 0.304. The number of benzene rings is 1. The Balaban J connectivity index is 1.60. The number of nitrogens with zero attached hydrogens (tertiary/aromatic N) is 3. The molecular formula is C23H22ClFN4O3. The topological polar surface area (TPSA) is 86.2 Å². The van der Waals surface area contributed by atoms with E-state index >= 15 is 0 Å². The van der Waals surface area contributed by atoms with E-state index in [0.29, 0.717) is 34.5 Å². The Morgan fingerprint density at radius 1 is 1.22 bits per heavy atom. The van der Waals surface area contributed by atoms with Crippen molar-refractivity contribution in [1.29, 1.82) is 0 Å². The Morgan fingerprint density at radius 2 is 2.03 bits per heavy atom. The molecule has 1 amide bonds. The van der Waals surface area contributed by atoms with Gasteiger partial charge in [0.25, 0.3) is 0 Å². The van der Waals surface area contributed by atoms with Crippen LogP contribution in [0.3, 0.4) is 0 Å². The lowest BCUT2D eigenvalue weighted by molar-refractivity contribution is -0.117. The molecule has 1 aliphatic rings. The third-order valence-corrected chi connectivity index (χ3v) is 5.86. The highest BCUT2D eigenvalue weighted by molar-refractivity contribution is 6.30. The molecule has 1 aromatic carbocycles. The van der Waals surface area contributed by atoms with Gasteiger partial charge in [0.1, 0.15) is 11.6 Å². The van der Waals surface area contributed by atoms with E-state index in [2.05, 4.69) is 20.3 Å². The molecule has 0 spiro atoms. The van der Waals surface area contributed by atoms with Gasteiger partial charge in [-0.3, -0.25) is 4.79 Å². The van der Waals surface area contributed by atoms with Crippen LogP contribution in [-0.2, 0) is 10.2 Å². The molecule has 2 aromatic heterocycles. The van der Waals surface area contributed by atoms with Crippen molar-refractivity contribution in [2.45, 2.75) is 25.7 Å². The third-order valence-electron chi connectivity index (χ3n) is 5.64. The number of amides is 1. The molecule has 3 aromatic rings. The number of hydrogen-bond acceptors (Lipinski definition) is 6. The fourth-order valence-corrected chi connectivity index (χ4v) is 3.88. The van der Waals surface area contributed by atoms with Crippen LogP contribution >= 0.6 is 11.6 Å². The van der Waals surface area contributed by atoms with E-state index in [9.17, 15) is 9.18 Å². The van der Waals surface area contributed by atoms with Crippen LogP contribution in [-0.4, -0.2) is 34.6 Å². The van der Waals surface area contributed by atoms with Gasteiger partial charge in [0.2, 0.25) is 5.91 Å². The van der Waals surface area contributed by atoms with Gasteiger partial charge in [-0.05, 0) is 50.1 Å². The predicted molar refractivity (Wildman–Crippen MR) is 118 cm³/mol. The zero-order chi connectivity index (χ0) is 22.9. The van der Waals surface area contributed by atoms with Crippen LogP contribution in [0.5, 0.6) is 11.5 Å². The van der Waals surface area contributed by atoms with E-state index in [4.69, 9.17) is 21.1 Å². The smallest absolute Gasteiger partial charge is 0.229 e. The zero-order valence-electron chi connectivity index (χ0n) is 17.9. The zero-order valence-corrected chi connectivity index (χ0v) is 18.6. The lowest BCUT2D eigenvalue weighted by Crippen LogP contribution is -2.27. The minimum Gasteiger partial charge on any atom is -0.494 e. The van der Waals surface area contributed by atoms with Gasteiger partial charge in [-0.1, -0.05) is 17.7 Å². The first-order chi connectivity index (χ1) is 15.3. The van der Waals surface area contributed by atoms with Crippen LogP contribution in [0.15, 0.2) is 42.7 Å². The highest BCUT2D eigenvalue weighted by atomic mass is 35.5. The summed E-state index contributed by atoms with van der Waals surface area (Å²) in [4.78, 5) is 25.6. The van der Waals surface area contributed by atoms with Gasteiger partial charge < -0.3 is 14.8 Å². The number of methoxy groups -OCH3 is 1. The van der Waals surface area contributed by atoms with E-state index < -0.39 is 17.2 Å². The van der Waals surface area contributed by atoms with Gasteiger partial charge in [-0.2, -0.15) is 0 Å². The van der Waals surface area contributed by atoms with Crippen molar-refractivity contribution in [2.75, 3.05) is 19.0 Å². The quantitative estimate of drug-likeness (QED) is 0.571. The molecule has 32 heavy (non-hydrogen) atoms. The largest absolute Gasteiger partial charge is 0.494 e. The first kappa shape index (κ1) is 22.0. The average molecular weight is 457 g/mol. The number of carbonyl (C=O) groups excluding carboxylic acids is 1. The second kappa shape index (κ2) is 8.70. The number of pyridine rings is 1. The maximum Gasteiger partial charge on any atom is 0.229 e. The molecule has 166 valence electrons. The molecule has 7 nitrogen and oxygen atoms in total. The molecule has 1 aliphatic carbocycles. The molecular weight excluding hydrogens is 435 g/mol. The Hall–Kier alpha value is -3.26. The Morgan fingerprint density at radius 3 is 2.72 bits per heavy atom. The minimum atomic E-state index is -0.658. The van der Waals surface area contributed by atoms with Gasteiger partial charge in [0.15, 0.2) is 17.3 Å². The van der Waals surface area contributed by atoms with E-state index in [1.807, 2.05) is 6.92 Å². The lowest BCUT2D eigenvalue weighted by atomic mass is 9.93. The molecule has 0 radical (unpaired) electrons. The summed E-state index contributed by atoms with van der Waals surface area (Å²) in [6.07, 6.45) is 3.60.